The quantitative estimate of drug-likeness (QED) is 0.189. The van der Waals surface area contributed by atoms with Crippen molar-refractivity contribution in [1.29, 1.82) is 0 Å². The molecule has 0 aromatic heterocycles. The van der Waals surface area contributed by atoms with Crippen LogP contribution in [0.2, 0.25) is 0 Å². The second kappa shape index (κ2) is 18.5. The zero-order valence-electron chi connectivity index (χ0n) is 16.4. The van der Waals surface area contributed by atoms with Crippen molar-refractivity contribution in [2.24, 2.45) is 5.41 Å². The first-order valence-corrected chi connectivity index (χ1v) is 9.34. The summed E-state index contributed by atoms with van der Waals surface area (Å²) in [6, 6.07) is 0. The predicted molar refractivity (Wildman–Crippen MR) is 97.5 cm³/mol. The van der Waals surface area contributed by atoms with Crippen LogP contribution in [0.5, 0.6) is 0 Å². The summed E-state index contributed by atoms with van der Waals surface area (Å²) >= 11 is 0. The summed E-state index contributed by atoms with van der Waals surface area (Å²) in [4.78, 5) is 11.2. The van der Waals surface area contributed by atoms with Crippen LogP contribution < -0.4 is 0 Å². The second-order valence-corrected chi connectivity index (χ2v) is 6.27. The van der Waals surface area contributed by atoms with Gasteiger partial charge in [0.05, 0.1) is 52.0 Å². The van der Waals surface area contributed by atoms with E-state index < -0.39 is 5.41 Å². The lowest BCUT2D eigenvalue weighted by Crippen LogP contribution is -2.42. The highest BCUT2D eigenvalue weighted by Gasteiger charge is 2.32. The van der Waals surface area contributed by atoms with Crippen LogP contribution >= 0.6 is 0 Å². The molecule has 0 unspecified atom stereocenters. The Morgan fingerprint density at radius 1 is 0.704 bits per heavy atom. The Bertz CT molecular complexity index is 308. The van der Waals surface area contributed by atoms with Crippen molar-refractivity contribution in [2.75, 3.05) is 79.8 Å². The summed E-state index contributed by atoms with van der Waals surface area (Å²) in [5.41, 5.74) is -0.601. The third-order valence-corrected chi connectivity index (χ3v) is 3.65. The smallest absolute Gasteiger partial charge is 0.307 e. The van der Waals surface area contributed by atoms with E-state index in [2.05, 4.69) is 4.74 Å². The standard InChI is InChI=1S/C18H36O9/c1-23-17(22)5-12-27-16-18(13-24-9-2-6-19,14-25-10-3-7-20)15-26-11-4-8-21/h19-21H,2-16H2,1H3. The van der Waals surface area contributed by atoms with E-state index in [1.165, 1.54) is 7.11 Å². The summed E-state index contributed by atoms with van der Waals surface area (Å²) in [5, 5.41) is 26.7. The molecule has 0 aliphatic rings. The van der Waals surface area contributed by atoms with Gasteiger partial charge in [-0.25, -0.2) is 0 Å². The number of hydrogen-bond acceptors (Lipinski definition) is 9. The maximum Gasteiger partial charge on any atom is 0.307 e. The lowest BCUT2D eigenvalue weighted by molar-refractivity contribution is -0.143. The van der Waals surface area contributed by atoms with E-state index in [4.69, 9.17) is 34.3 Å². The molecule has 0 spiro atoms. The molecule has 9 nitrogen and oxygen atoms in total. The molecular weight excluding hydrogens is 360 g/mol. The largest absolute Gasteiger partial charge is 0.469 e. The highest BCUT2D eigenvalue weighted by atomic mass is 16.5. The van der Waals surface area contributed by atoms with Gasteiger partial charge < -0.3 is 39.0 Å². The predicted octanol–water partition coefficient (Wildman–Crippen LogP) is -0.250. The molecule has 0 saturated heterocycles. The molecule has 9 heteroatoms. The number of carbonyl (C=O) groups excluding carboxylic acids is 1. The lowest BCUT2D eigenvalue weighted by atomic mass is 9.92. The maximum atomic E-state index is 11.2. The van der Waals surface area contributed by atoms with Gasteiger partial charge in [-0.05, 0) is 19.3 Å². The van der Waals surface area contributed by atoms with Gasteiger partial charge >= 0.3 is 5.97 Å². The molecule has 0 rings (SSSR count). The number of methoxy groups -OCH3 is 1. The summed E-state index contributed by atoms with van der Waals surface area (Å²) in [7, 11) is 1.33. The normalized spacial score (nSPS) is 11.7. The van der Waals surface area contributed by atoms with Crippen molar-refractivity contribution < 1.29 is 43.8 Å². The number of aliphatic hydroxyl groups excluding tert-OH is 3. The SMILES string of the molecule is COC(=O)CCOCC(COCCCO)(COCCCO)COCCCO. The van der Waals surface area contributed by atoms with Crippen molar-refractivity contribution in [3.8, 4) is 0 Å². The zero-order valence-corrected chi connectivity index (χ0v) is 16.4. The molecule has 0 aromatic carbocycles. The molecule has 0 heterocycles. The molecule has 27 heavy (non-hydrogen) atoms. The number of hydrogen-bond donors (Lipinski definition) is 3. The van der Waals surface area contributed by atoms with Gasteiger partial charge in [-0.3, -0.25) is 4.79 Å². The minimum absolute atomic E-state index is 0.0443. The van der Waals surface area contributed by atoms with Gasteiger partial charge in [-0.2, -0.15) is 0 Å². The van der Waals surface area contributed by atoms with E-state index >= 15 is 0 Å². The Hall–Kier alpha value is -0.810. The molecule has 0 bridgehead atoms. The first kappa shape index (κ1) is 26.2. The minimum Gasteiger partial charge on any atom is -0.469 e. The molecule has 0 fully saturated rings. The Kier molecular flexibility index (Phi) is 18.0. The fraction of sp³-hybridized carbons (Fsp3) is 0.944. The fourth-order valence-corrected chi connectivity index (χ4v) is 2.16. The van der Waals surface area contributed by atoms with Crippen LogP contribution in [0.15, 0.2) is 0 Å². The topological polar surface area (TPSA) is 124 Å². The average Bonchev–Trinajstić information content (AvgIpc) is 2.69. The third-order valence-electron chi connectivity index (χ3n) is 3.65. The van der Waals surface area contributed by atoms with Gasteiger partial charge in [0.1, 0.15) is 0 Å². The number of rotatable bonds is 20. The molecule has 0 aliphatic carbocycles. The molecule has 0 amide bonds. The summed E-state index contributed by atoms with van der Waals surface area (Å²) in [6.45, 7) is 2.67. The van der Waals surface area contributed by atoms with Gasteiger partial charge in [0.15, 0.2) is 0 Å². The fourth-order valence-electron chi connectivity index (χ4n) is 2.16. The average molecular weight is 396 g/mol. The van der Waals surface area contributed by atoms with Crippen LogP contribution in [0.4, 0.5) is 0 Å². The first-order chi connectivity index (χ1) is 13.1. The van der Waals surface area contributed by atoms with E-state index in [-0.39, 0.29) is 45.4 Å². The number of ether oxygens (including phenoxy) is 5. The molecule has 0 saturated carbocycles. The van der Waals surface area contributed by atoms with E-state index in [9.17, 15) is 4.79 Å². The summed E-state index contributed by atoms with van der Waals surface area (Å²) in [5.74, 6) is -0.349. The van der Waals surface area contributed by atoms with Gasteiger partial charge in [-0.15, -0.1) is 0 Å². The van der Waals surface area contributed by atoms with Crippen LogP contribution in [-0.4, -0.2) is 101 Å². The van der Waals surface area contributed by atoms with Gasteiger partial charge in [0.25, 0.3) is 0 Å². The summed E-state index contributed by atoms with van der Waals surface area (Å²) in [6.07, 6.45) is 1.72. The molecule has 3 N–H and O–H groups in total. The zero-order chi connectivity index (χ0) is 20.2. The van der Waals surface area contributed by atoms with E-state index in [1.807, 2.05) is 0 Å². The van der Waals surface area contributed by atoms with E-state index in [0.29, 0.717) is 58.9 Å². The van der Waals surface area contributed by atoms with Crippen LogP contribution in [-0.2, 0) is 28.5 Å². The molecular formula is C18H36O9. The highest BCUT2D eigenvalue weighted by Crippen LogP contribution is 2.21. The van der Waals surface area contributed by atoms with Gasteiger partial charge in [0.2, 0.25) is 0 Å². The lowest BCUT2D eigenvalue weighted by Gasteiger charge is -2.33. The van der Waals surface area contributed by atoms with Crippen LogP contribution in [0.1, 0.15) is 25.7 Å². The van der Waals surface area contributed by atoms with Crippen LogP contribution in [0.3, 0.4) is 0 Å². The highest BCUT2D eigenvalue weighted by molar-refractivity contribution is 5.69. The molecule has 0 atom stereocenters. The number of carbonyl (C=O) groups is 1. The number of aliphatic hydroxyl groups is 3. The number of esters is 1. The van der Waals surface area contributed by atoms with Crippen molar-refractivity contribution in [3.05, 3.63) is 0 Å². The van der Waals surface area contributed by atoms with Gasteiger partial charge in [-0.1, -0.05) is 0 Å². The monoisotopic (exact) mass is 396 g/mol. The molecule has 0 radical (unpaired) electrons. The van der Waals surface area contributed by atoms with Crippen molar-refractivity contribution in [3.63, 3.8) is 0 Å². The van der Waals surface area contributed by atoms with Crippen LogP contribution in [0, 0.1) is 5.41 Å². The molecule has 162 valence electrons. The second-order valence-electron chi connectivity index (χ2n) is 6.27. The van der Waals surface area contributed by atoms with E-state index in [1.54, 1.807) is 0 Å². The Morgan fingerprint density at radius 3 is 1.41 bits per heavy atom. The van der Waals surface area contributed by atoms with Gasteiger partial charge in [0, 0.05) is 39.6 Å². The Morgan fingerprint density at radius 2 is 1.07 bits per heavy atom. The first-order valence-electron chi connectivity index (χ1n) is 9.34. The maximum absolute atomic E-state index is 11.2. The Balaban J connectivity index is 4.73. The molecule has 0 aromatic rings. The van der Waals surface area contributed by atoms with E-state index in [0.717, 1.165) is 0 Å². The van der Waals surface area contributed by atoms with Crippen molar-refractivity contribution >= 4 is 5.97 Å². The van der Waals surface area contributed by atoms with Crippen molar-refractivity contribution in [1.82, 2.24) is 0 Å². The molecule has 0 aliphatic heterocycles. The Labute approximate surface area is 161 Å². The summed E-state index contributed by atoms with van der Waals surface area (Å²) < 4.78 is 27.2. The minimum atomic E-state index is -0.601. The third kappa shape index (κ3) is 14.9. The van der Waals surface area contributed by atoms with Crippen LogP contribution in [0.25, 0.3) is 0 Å². The van der Waals surface area contributed by atoms with Crippen molar-refractivity contribution in [2.45, 2.75) is 25.7 Å².